The molecule has 0 saturated carbocycles. The molecule has 1 aromatic carbocycles. The minimum atomic E-state index is -0.0686. The van der Waals surface area contributed by atoms with E-state index in [2.05, 4.69) is 39.2 Å². The summed E-state index contributed by atoms with van der Waals surface area (Å²) < 4.78 is 7.69. The summed E-state index contributed by atoms with van der Waals surface area (Å²) in [5.74, 6) is 0.687. The maximum absolute atomic E-state index is 13.6. The average molecular weight is 483 g/mol. The van der Waals surface area contributed by atoms with Crippen molar-refractivity contribution in [2.75, 3.05) is 48.9 Å². The molecule has 0 amide bonds. The standard InChI is InChI=1S/C25H34N6O2S/c1-7-19-22(27-20-14-31(15-21(20)33-8-2)25-26-11-12-34-25)24(32)30(6)23(28-19)18-10-9-17(29(4)5)13-16(18)3/h9-13,20-21,27H,7-8,14-15H2,1-6H3. The van der Waals surface area contributed by atoms with Gasteiger partial charge >= 0.3 is 0 Å². The fraction of sp³-hybridized carbons (Fsp3) is 0.480. The predicted molar refractivity (Wildman–Crippen MR) is 141 cm³/mol. The first-order valence-corrected chi connectivity index (χ1v) is 12.6. The number of nitrogens with zero attached hydrogens (tertiary/aromatic N) is 5. The summed E-state index contributed by atoms with van der Waals surface area (Å²) in [6.45, 7) is 8.17. The molecule has 8 nitrogen and oxygen atoms in total. The number of anilines is 3. The summed E-state index contributed by atoms with van der Waals surface area (Å²) in [5.41, 5.74) is 4.44. The molecular weight excluding hydrogens is 448 g/mol. The van der Waals surface area contributed by atoms with Crippen LogP contribution in [-0.4, -0.2) is 60.5 Å². The van der Waals surface area contributed by atoms with Gasteiger partial charge in [-0.1, -0.05) is 6.92 Å². The van der Waals surface area contributed by atoms with Gasteiger partial charge in [-0.05, 0) is 44.0 Å². The lowest BCUT2D eigenvalue weighted by Crippen LogP contribution is -2.38. The van der Waals surface area contributed by atoms with Crippen LogP contribution in [0.3, 0.4) is 0 Å². The molecule has 1 N–H and O–H groups in total. The normalized spacial score (nSPS) is 17.9. The van der Waals surface area contributed by atoms with Crippen LogP contribution < -0.4 is 20.7 Å². The SMILES string of the molecule is CCOC1CN(c2nccs2)CC1Nc1c(CC)nc(-c2ccc(N(C)C)cc2C)n(C)c1=O. The number of rotatable bonds is 8. The van der Waals surface area contributed by atoms with E-state index in [-0.39, 0.29) is 17.7 Å². The second-order valence-electron chi connectivity index (χ2n) is 8.83. The monoisotopic (exact) mass is 482 g/mol. The van der Waals surface area contributed by atoms with Crippen LogP contribution in [0.1, 0.15) is 25.1 Å². The van der Waals surface area contributed by atoms with Crippen LogP contribution in [0.5, 0.6) is 0 Å². The Labute approximate surface area is 205 Å². The van der Waals surface area contributed by atoms with Crippen molar-refractivity contribution in [3.63, 3.8) is 0 Å². The van der Waals surface area contributed by atoms with Crippen LogP contribution in [0.4, 0.5) is 16.5 Å². The lowest BCUT2D eigenvalue weighted by atomic mass is 10.1. The zero-order valence-corrected chi connectivity index (χ0v) is 21.6. The maximum Gasteiger partial charge on any atom is 0.277 e. The number of hydrogen-bond acceptors (Lipinski definition) is 8. The number of ether oxygens (including phenoxy) is 1. The van der Waals surface area contributed by atoms with E-state index in [4.69, 9.17) is 9.72 Å². The molecule has 0 spiro atoms. The van der Waals surface area contributed by atoms with E-state index >= 15 is 0 Å². The lowest BCUT2D eigenvalue weighted by Gasteiger charge is -2.23. The van der Waals surface area contributed by atoms with Gasteiger partial charge in [0.1, 0.15) is 11.5 Å². The van der Waals surface area contributed by atoms with Gasteiger partial charge in [-0.15, -0.1) is 11.3 Å². The number of hydrogen-bond donors (Lipinski definition) is 1. The van der Waals surface area contributed by atoms with Crippen molar-refractivity contribution in [3.05, 3.63) is 51.4 Å². The highest BCUT2D eigenvalue weighted by atomic mass is 32.1. The molecule has 4 rings (SSSR count). The van der Waals surface area contributed by atoms with Gasteiger partial charge in [-0.2, -0.15) is 0 Å². The van der Waals surface area contributed by atoms with Gasteiger partial charge in [0.2, 0.25) is 0 Å². The van der Waals surface area contributed by atoms with Crippen molar-refractivity contribution in [3.8, 4) is 11.4 Å². The van der Waals surface area contributed by atoms with E-state index in [1.54, 1.807) is 23.0 Å². The van der Waals surface area contributed by atoms with Gasteiger partial charge < -0.3 is 19.9 Å². The summed E-state index contributed by atoms with van der Waals surface area (Å²) >= 11 is 1.62. The molecule has 2 aromatic heterocycles. The fourth-order valence-electron chi connectivity index (χ4n) is 4.47. The smallest absolute Gasteiger partial charge is 0.277 e. The first-order chi connectivity index (χ1) is 16.3. The number of benzene rings is 1. The van der Waals surface area contributed by atoms with Crippen LogP contribution in [0.25, 0.3) is 11.4 Å². The Bertz CT molecular complexity index is 1190. The highest BCUT2D eigenvalue weighted by Gasteiger charge is 2.35. The Morgan fingerprint density at radius 1 is 1.26 bits per heavy atom. The molecule has 1 aliphatic heterocycles. The van der Waals surface area contributed by atoms with Crippen molar-refractivity contribution in [1.82, 2.24) is 14.5 Å². The molecule has 0 radical (unpaired) electrons. The second-order valence-corrected chi connectivity index (χ2v) is 9.71. The summed E-state index contributed by atoms with van der Waals surface area (Å²) in [6.07, 6.45) is 2.43. The average Bonchev–Trinajstić information content (AvgIpc) is 3.48. The van der Waals surface area contributed by atoms with Crippen molar-refractivity contribution >= 4 is 27.8 Å². The molecule has 34 heavy (non-hydrogen) atoms. The van der Waals surface area contributed by atoms with Gasteiger partial charge in [-0.25, -0.2) is 9.97 Å². The Morgan fingerprint density at radius 2 is 2.06 bits per heavy atom. The van der Waals surface area contributed by atoms with Crippen LogP contribution in [0, 0.1) is 6.92 Å². The first kappa shape index (κ1) is 24.2. The lowest BCUT2D eigenvalue weighted by molar-refractivity contribution is 0.0720. The second kappa shape index (κ2) is 10.1. The third-order valence-electron chi connectivity index (χ3n) is 6.33. The van der Waals surface area contributed by atoms with E-state index in [0.717, 1.165) is 40.7 Å². The van der Waals surface area contributed by atoms with Gasteiger partial charge in [0.05, 0.1) is 17.8 Å². The topological polar surface area (TPSA) is 75.5 Å². The Kier molecular flexibility index (Phi) is 7.23. The van der Waals surface area contributed by atoms with E-state index in [1.807, 2.05) is 45.6 Å². The van der Waals surface area contributed by atoms with Gasteiger partial charge in [0, 0.05) is 63.7 Å². The number of nitrogens with one attached hydrogen (secondary N) is 1. The van der Waals surface area contributed by atoms with E-state index in [9.17, 15) is 4.79 Å². The van der Waals surface area contributed by atoms with Crippen molar-refractivity contribution in [2.24, 2.45) is 7.05 Å². The molecule has 3 aromatic rings. The van der Waals surface area contributed by atoms with E-state index in [0.29, 0.717) is 24.5 Å². The van der Waals surface area contributed by atoms with Gasteiger partial charge in [0.15, 0.2) is 5.13 Å². The molecule has 1 aliphatic rings. The Balaban J connectivity index is 1.68. The number of aryl methyl sites for hydroxylation is 2. The third-order valence-corrected chi connectivity index (χ3v) is 7.17. The molecule has 182 valence electrons. The third kappa shape index (κ3) is 4.67. The molecule has 1 saturated heterocycles. The molecular formula is C25H34N6O2S. The maximum atomic E-state index is 13.6. The Hall–Kier alpha value is -2.91. The van der Waals surface area contributed by atoms with Gasteiger partial charge in [-0.3, -0.25) is 9.36 Å². The predicted octanol–water partition coefficient (Wildman–Crippen LogP) is 3.55. The van der Waals surface area contributed by atoms with Gasteiger partial charge in [0.25, 0.3) is 5.56 Å². The molecule has 0 bridgehead atoms. The fourth-order valence-corrected chi connectivity index (χ4v) is 5.14. The molecule has 0 aliphatic carbocycles. The van der Waals surface area contributed by atoms with Crippen LogP contribution in [0.15, 0.2) is 34.6 Å². The first-order valence-electron chi connectivity index (χ1n) is 11.7. The number of thiazole rings is 1. The van der Waals surface area contributed by atoms with E-state index < -0.39 is 0 Å². The highest BCUT2D eigenvalue weighted by molar-refractivity contribution is 7.13. The molecule has 1 fully saturated rings. The van der Waals surface area contributed by atoms with Crippen LogP contribution in [0.2, 0.25) is 0 Å². The molecule has 2 unspecified atom stereocenters. The molecule has 3 heterocycles. The highest BCUT2D eigenvalue weighted by Crippen LogP contribution is 2.28. The summed E-state index contributed by atoms with van der Waals surface area (Å²) in [5, 5.41) is 6.47. The van der Waals surface area contributed by atoms with Crippen LogP contribution >= 0.6 is 11.3 Å². The number of aromatic nitrogens is 3. The Morgan fingerprint density at radius 3 is 2.68 bits per heavy atom. The van der Waals surface area contributed by atoms with Crippen molar-refractivity contribution < 1.29 is 4.74 Å². The van der Waals surface area contributed by atoms with E-state index in [1.165, 1.54) is 0 Å². The molecule has 9 heteroatoms. The van der Waals surface area contributed by atoms with Crippen molar-refractivity contribution in [2.45, 2.75) is 39.3 Å². The zero-order chi connectivity index (χ0) is 24.4. The van der Waals surface area contributed by atoms with Crippen molar-refractivity contribution in [1.29, 1.82) is 0 Å². The van der Waals surface area contributed by atoms with Crippen LogP contribution in [-0.2, 0) is 18.2 Å². The zero-order valence-electron chi connectivity index (χ0n) is 20.8. The minimum absolute atomic E-state index is 0.0318. The summed E-state index contributed by atoms with van der Waals surface area (Å²) in [7, 11) is 5.84. The minimum Gasteiger partial charge on any atom is -0.378 e. The summed E-state index contributed by atoms with van der Waals surface area (Å²) in [6, 6.07) is 6.20. The quantitative estimate of drug-likeness (QED) is 0.526. The summed E-state index contributed by atoms with van der Waals surface area (Å²) in [4.78, 5) is 27.3. The molecule has 2 atom stereocenters. The largest absolute Gasteiger partial charge is 0.378 e.